The van der Waals surface area contributed by atoms with Crippen molar-refractivity contribution >= 4 is 15.6 Å². The molecule has 0 N–H and O–H groups in total. The van der Waals surface area contributed by atoms with Crippen LogP contribution >= 0.6 is 0 Å². The van der Waals surface area contributed by atoms with E-state index < -0.39 is 15.1 Å². The first-order valence-corrected chi connectivity index (χ1v) is 5.32. The Bertz CT molecular complexity index is 228. The van der Waals surface area contributed by atoms with Crippen molar-refractivity contribution in [3.05, 3.63) is 0 Å². The standard InChI is InChI=1S/C7H14O3S/c1-4-11(9,10)7(3)5-6(2)8/h7H,4-5H2,1-3H3. The summed E-state index contributed by atoms with van der Waals surface area (Å²) in [5, 5.41) is -0.523. The van der Waals surface area contributed by atoms with Crippen LogP contribution in [0.3, 0.4) is 0 Å². The average Bonchev–Trinajstić information content (AvgIpc) is 1.86. The lowest BCUT2D eigenvalue weighted by Gasteiger charge is -2.07. The largest absolute Gasteiger partial charge is 0.300 e. The fourth-order valence-corrected chi connectivity index (χ4v) is 1.87. The minimum atomic E-state index is -3.01. The molecule has 0 spiro atoms. The number of carbonyl (C=O) groups is 1. The highest BCUT2D eigenvalue weighted by Gasteiger charge is 2.19. The molecule has 0 aromatic rings. The van der Waals surface area contributed by atoms with Crippen LogP contribution in [-0.4, -0.2) is 25.2 Å². The summed E-state index contributed by atoms with van der Waals surface area (Å²) in [6.45, 7) is 4.56. The van der Waals surface area contributed by atoms with E-state index in [-0.39, 0.29) is 18.0 Å². The van der Waals surface area contributed by atoms with Gasteiger partial charge in [0, 0.05) is 12.2 Å². The fraction of sp³-hybridized carbons (Fsp3) is 0.857. The van der Waals surface area contributed by atoms with Gasteiger partial charge in [0.1, 0.15) is 5.78 Å². The maximum absolute atomic E-state index is 11.1. The molecule has 0 rings (SSSR count). The third-order valence-electron chi connectivity index (χ3n) is 1.59. The molecule has 1 unspecified atom stereocenters. The predicted molar refractivity (Wildman–Crippen MR) is 44.2 cm³/mol. The number of ketones is 1. The van der Waals surface area contributed by atoms with E-state index in [1.807, 2.05) is 0 Å². The van der Waals surface area contributed by atoms with Crippen LogP contribution in [0.25, 0.3) is 0 Å². The maximum Gasteiger partial charge on any atom is 0.153 e. The summed E-state index contributed by atoms with van der Waals surface area (Å²) in [5.41, 5.74) is 0. The van der Waals surface area contributed by atoms with E-state index in [2.05, 4.69) is 0 Å². The van der Waals surface area contributed by atoms with Gasteiger partial charge in [-0.2, -0.15) is 0 Å². The first-order valence-electron chi connectivity index (χ1n) is 3.61. The van der Waals surface area contributed by atoms with Crippen LogP contribution in [0.15, 0.2) is 0 Å². The highest BCUT2D eigenvalue weighted by molar-refractivity contribution is 7.91. The molecule has 0 bridgehead atoms. The van der Waals surface area contributed by atoms with Gasteiger partial charge in [-0.25, -0.2) is 8.42 Å². The molecule has 0 fully saturated rings. The van der Waals surface area contributed by atoms with Crippen molar-refractivity contribution in [2.75, 3.05) is 5.75 Å². The molecule has 0 radical (unpaired) electrons. The Morgan fingerprint density at radius 3 is 2.18 bits per heavy atom. The lowest BCUT2D eigenvalue weighted by molar-refractivity contribution is -0.116. The Hall–Kier alpha value is -0.380. The van der Waals surface area contributed by atoms with Crippen molar-refractivity contribution in [2.24, 2.45) is 0 Å². The summed E-state index contributed by atoms with van der Waals surface area (Å²) in [4.78, 5) is 10.6. The Labute approximate surface area is 67.7 Å². The van der Waals surface area contributed by atoms with E-state index in [1.165, 1.54) is 6.92 Å². The Balaban J connectivity index is 4.26. The molecule has 0 amide bonds. The SMILES string of the molecule is CCS(=O)(=O)C(C)CC(C)=O. The van der Waals surface area contributed by atoms with E-state index in [0.29, 0.717) is 0 Å². The first kappa shape index (κ1) is 10.6. The molecule has 11 heavy (non-hydrogen) atoms. The van der Waals surface area contributed by atoms with E-state index in [0.717, 1.165) is 0 Å². The van der Waals surface area contributed by atoms with Gasteiger partial charge >= 0.3 is 0 Å². The van der Waals surface area contributed by atoms with Crippen LogP contribution in [0.4, 0.5) is 0 Å². The van der Waals surface area contributed by atoms with Gasteiger partial charge in [0.25, 0.3) is 0 Å². The van der Waals surface area contributed by atoms with Crippen LogP contribution in [0.2, 0.25) is 0 Å². The Kier molecular flexibility index (Phi) is 3.72. The van der Waals surface area contributed by atoms with E-state index >= 15 is 0 Å². The molecular weight excluding hydrogens is 164 g/mol. The molecule has 4 heteroatoms. The summed E-state index contributed by atoms with van der Waals surface area (Å²) in [6.07, 6.45) is 0.135. The third-order valence-corrected chi connectivity index (χ3v) is 3.79. The van der Waals surface area contributed by atoms with Crippen LogP contribution < -0.4 is 0 Å². The van der Waals surface area contributed by atoms with Gasteiger partial charge in [-0.15, -0.1) is 0 Å². The minimum absolute atomic E-state index is 0.0745. The van der Waals surface area contributed by atoms with Gasteiger partial charge in [0.15, 0.2) is 9.84 Å². The Morgan fingerprint density at radius 1 is 1.45 bits per heavy atom. The fourth-order valence-electron chi connectivity index (χ4n) is 0.816. The zero-order valence-electron chi connectivity index (χ0n) is 7.12. The van der Waals surface area contributed by atoms with E-state index in [9.17, 15) is 13.2 Å². The van der Waals surface area contributed by atoms with Crippen LogP contribution in [0.1, 0.15) is 27.2 Å². The van der Waals surface area contributed by atoms with Crippen molar-refractivity contribution < 1.29 is 13.2 Å². The maximum atomic E-state index is 11.1. The summed E-state index contributed by atoms with van der Waals surface area (Å²) in [7, 11) is -3.01. The molecule has 1 atom stereocenters. The second-order valence-electron chi connectivity index (χ2n) is 2.67. The molecule has 3 nitrogen and oxygen atoms in total. The quantitative estimate of drug-likeness (QED) is 0.639. The molecule has 0 aliphatic rings. The van der Waals surface area contributed by atoms with Crippen LogP contribution in [-0.2, 0) is 14.6 Å². The number of rotatable bonds is 4. The van der Waals surface area contributed by atoms with Crippen molar-refractivity contribution in [2.45, 2.75) is 32.4 Å². The second-order valence-corrected chi connectivity index (χ2v) is 5.38. The van der Waals surface area contributed by atoms with Crippen molar-refractivity contribution in [1.82, 2.24) is 0 Å². The first-order chi connectivity index (χ1) is 4.90. The second kappa shape index (κ2) is 3.85. The number of Topliss-reactive ketones (excluding diaryl/α,β-unsaturated/α-hetero) is 1. The van der Waals surface area contributed by atoms with Crippen molar-refractivity contribution in [3.8, 4) is 0 Å². The monoisotopic (exact) mass is 178 g/mol. The normalized spacial score (nSPS) is 14.5. The van der Waals surface area contributed by atoms with Crippen LogP contribution in [0, 0.1) is 0 Å². The molecular formula is C7H14O3S. The van der Waals surface area contributed by atoms with Gasteiger partial charge < -0.3 is 0 Å². The molecule has 66 valence electrons. The molecule has 0 aromatic carbocycles. The zero-order valence-corrected chi connectivity index (χ0v) is 7.94. The van der Waals surface area contributed by atoms with Crippen LogP contribution in [0.5, 0.6) is 0 Å². The summed E-state index contributed by atoms with van der Waals surface area (Å²) >= 11 is 0. The Morgan fingerprint density at radius 2 is 1.91 bits per heavy atom. The van der Waals surface area contributed by atoms with Gasteiger partial charge in [0.2, 0.25) is 0 Å². The number of hydrogen-bond donors (Lipinski definition) is 0. The highest BCUT2D eigenvalue weighted by Crippen LogP contribution is 2.06. The highest BCUT2D eigenvalue weighted by atomic mass is 32.2. The average molecular weight is 178 g/mol. The van der Waals surface area contributed by atoms with Gasteiger partial charge in [-0.1, -0.05) is 6.92 Å². The third kappa shape index (κ3) is 3.51. The molecule has 0 saturated carbocycles. The van der Waals surface area contributed by atoms with Gasteiger partial charge in [0.05, 0.1) is 5.25 Å². The molecule has 0 aliphatic carbocycles. The van der Waals surface area contributed by atoms with Gasteiger partial charge in [-0.3, -0.25) is 4.79 Å². The number of sulfone groups is 1. The number of carbonyl (C=O) groups excluding carboxylic acids is 1. The number of hydrogen-bond acceptors (Lipinski definition) is 3. The van der Waals surface area contributed by atoms with Gasteiger partial charge in [-0.05, 0) is 13.8 Å². The molecule has 0 aromatic heterocycles. The van der Waals surface area contributed by atoms with E-state index in [1.54, 1.807) is 13.8 Å². The molecule has 0 saturated heterocycles. The van der Waals surface area contributed by atoms with Crippen molar-refractivity contribution in [1.29, 1.82) is 0 Å². The summed E-state index contributed by atoms with van der Waals surface area (Å²) < 4.78 is 22.2. The predicted octanol–water partition coefficient (Wildman–Crippen LogP) is 0.789. The molecule has 0 heterocycles. The lowest BCUT2D eigenvalue weighted by Crippen LogP contribution is -2.21. The van der Waals surface area contributed by atoms with E-state index in [4.69, 9.17) is 0 Å². The smallest absolute Gasteiger partial charge is 0.153 e. The topological polar surface area (TPSA) is 51.2 Å². The molecule has 0 aliphatic heterocycles. The zero-order chi connectivity index (χ0) is 9.07. The minimum Gasteiger partial charge on any atom is -0.300 e. The summed E-state index contributed by atoms with van der Waals surface area (Å²) in [5.74, 6) is 0.0380. The van der Waals surface area contributed by atoms with Crippen molar-refractivity contribution in [3.63, 3.8) is 0 Å². The summed E-state index contributed by atoms with van der Waals surface area (Å²) in [6, 6.07) is 0. The lowest BCUT2D eigenvalue weighted by atomic mass is 10.2.